The highest BCUT2D eigenvalue weighted by molar-refractivity contribution is 5.50. The molecule has 0 aromatic heterocycles. The van der Waals surface area contributed by atoms with Crippen molar-refractivity contribution in [2.75, 3.05) is 0 Å². The third-order valence-electron chi connectivity index (χ3n) is 4.90. The van der Waals surface area contributed by atoms with E-state index in [0.717, 1.165) is 24.5 Å². The molecule has 0 aliphatic heterocycles. The predicted octanol–water partition coefficient (Wildman–Crippen LogP) is 3.98. The fourth-order valence-electron chi connectivity index (χ4n) is 3.53. The van der Waals surface area contributed by atoms with Crippen LogP contribution in [0.2, 0.25) is 0 Å². The van der Waals surface area contributed by atoms with Crippen molar-refractivity contribution < 1.29 is 4.79 Å². The minimum atomic E-state index is 0.145. The molecule has 0 heterocycles. The van der Waals surface area contributed by atoms with Crippen molar-refractivity contribution in [3.8, 4) is 0 Å². The molecule has 1 saturated carbocycles. The van der Waals surface area contributed by atoms with E-state index >= 15 is 0 Å². The molecule has 0 radical (unpaired) electrons. The molecule has 0 aromatic rings. The topological polar surface area (TPSA) is 17.1 Å². The molecular formula is C15H24O. The molecule has 0 aromatic carbocycles. The lowest BCUT2D eigenvalue weighted by atomic mass is 9.48. The Morgan fingerprint density at radius 2 is 2.19 bits per heavy atom. The molecule has 0 N–H and O–H groups in total. The maximum Gasteiger partial charge on any atom is 0.120 e. The Balaban J connectivity index is 2.06. The zero-order valence-electron chi connectivity index (χ0n) is 11.0. The van der Waals surface area contributed by atoms with E-state index in [1.54, 1.807) is 5.57 Å². The van der Waals surface area contributed by atoms with Gasteiger partial charge in [-0.3, -0.25) is 0 Å². The summed E-state index contributed by atoms with van der Waals surface area (Å²) in [5.74, 6) is 1.70. The molecule has 1 nitrogen and oxygen atoms in total. The van der Waals surface area contributed by atoms with Gasteiger partial charge in [0.25, 0.3) is 0 Å². The van der Waals surface area contributed by atoms with E-state index < -0.39 is 0 Å². The Morgan fingerprint density at radius 1 is 1.50 bits per heavy atom. The van der Waals surface area contributed by atoms with Crippen LogP contribution in [0.1, 0.15) is 53.4 Å². The second kappa shape index (κ2) is 3.72. The largest absolute Gasteiger partial charge is 0.303 e. The molecule has 2 atom stereocenters. The molecule has 1 fully saturated rings. The van der Waals surface area contributed by atoms with Crippen molar-refractivity contribution in [3.63, 3.8) is 0 Å². The normalized spacial score (nSPS) is 31.6. The maximum absolute atomic E-state index is 10.7. The highest BCUT2D eigenvalue weighted by Gasteiger charge is 2.51. The number of hydrogen-bond donors (Lipinski definition) is 0. The zero-order chi connectivity index (χ0) is 12.0. The second-order valence-corrected chi connectivity index (χ2v) is 7.03. The Hall–Kier alpha value is -0.590. The van der Waals surface area contributed by atoms with Gasteiger partial charge in [-0.15, -0.1) is 0 Å². The van der Waals surface area contributed by atoms with E-state index in [0.29, 0.717) is 11.8 Å². The van der Waals surface area contributed by atoms with Crippen molar-refractivity contribution in [3.05, 3.63) is 11.6 Å². The zero-order valence-corrected chi connectivity index (χ0v) is 11.0. The Bertz CT molecular complexity index is 322. The smallest absolute Gasteiger partial charge is 0.120 e. The van der Waals surface area contributed by atoms with E-state index in [-0.39, 0.29) is 5.41 Å². The van der Waals surface area contributed by atoms with Gasteiger partial charge in [-0.2, -0.15) is 0 Å². The average Bonchev–Trinajstić information content (AvgIpc) is 2.16. The number of fused-ring (bicyclic) bond motifs is 1. The van der Waals surface area contributed by atoms with Crippen LogP contribution in [-0.2, 0) is 4.79 Å². The van der Waals surface area contributed by atoms with Crippen LogP contribution < -0.4 is 0 Å². The number of carbonyl (C=O) groups excluding carboxylic acids is 1. The fourth-order valence-corrected chi connectivity index (χ4v) is 3.53. The molecule has 3 rings (SSSR count). The molecular weight excluding hydrogens is 196 g/mol. The summed E-state index contributed by atoms with van der Waals surface area (Å²) in [7, 11) is 0. The standard InChI is InChI=1S/C15H24O/c1-14(2,7-8-16)10-11-5-6-12-9-13(11)15(12,3)4/h5,8,12-13H,6-7,9-10H2,1-4H3/t12-,13-/m0/s1. The van der Waals surface area contributed by atoms with E-state index in [9.17, 15) is 4.79 Å². The van der Waals surface area contributed by atoms with Gasteiger partial charge in [0.2, 0.25) is 0 Å². The summed E-state index contributed by atoms with van der Waals surface area (Å²) in [6.07, 6.45) is 7.95. The number of rotatable bonds is 4. The third-order valence-corrected chi connectivity index (χ3v) is 4.90. The van der Waals surface area contributed by atoms with Crippen LogP contribution in [0, 0.1) is 22.7 Å². The average molecular weight is 220 g/mol. The summed E-state index contributed by atoms with van der Waals surface area (Å²) in [5, 5.41) is 0. The molecule has 1 heteroatoms. The van der Waals surface area contributed by atoms with Crippen molar-refractivity contribution in [2.45, 2.75) is 53.4 Å². The van der Waals surface area contributed by atoms with Gasteiger partial charge < -0.3 is 4.79 Å². The summed E-state index contributed by atoms with van der Waals surface area (Å²) in [4.78, 5) is 10.7. The quantitative estimate of drug-likeness (QED) is 0.517. The molecule has 2 bridgehead atoms. The fraction of sp³-hybridized carbons (Fsp3) is 0.800. The highest BCUT2D eigenvalue weighted by atomic mass is 16.1. The van der Waals surface area contributed by atoms with Crippen LogP contribution in [0.4, 0.5) is 0 Å². The van der Waals surface area contributed by atoms with Gasteiger partial charge in [0, 0.05) is 6.42 Å². The van der Waals surface area contributed by atoms with Gasteiger partial charge in [0.1, 0.15) is 6.29 Å². The third kappa shape index (κ3) is 1.85. The van der Waals surface area contributed by atoms with Crippen LogP contribution in [0.5, 0.6) is 0 Å². The number of aldehydes is 1. The molecule has 0 unspecified atom stereocenters. The first-order valence-corrected chi connectivity index (χ1v) is 6.49. The molecule has 3 aliphatic carbocycles. The van der Waals surface area contributed by atoms with Crippen LogP contribution in [0.15, 0.2) is 11.6 Å². The number of carbonyl (C=O) groups is 1. The second-order valence-electron chi connectivity index (χ2n) is 7.03. The van der Waals surface area contributed by atoms with Crippen LogP contribution >= 0.6 is 0 Å². The highest BCUT2D eigenvalue weighted by Crippen LogP contribution is 2.60. The van der Waals surface area contributed by atoms with E-state index in [4.69, 9.17) is 0 Å². The first-order chi connectivity index (χ1) is 7.37. The Labute approximate surface area is 99.3 Å². The van der Waals surface area contributed by atoms with Crippen LogP contribution in [0.3, 0.4) is 0 Å². The minimum Gasteiger partial charge on any atom is -0.303 e. The van der Waals surface area contributed by atoms with Gasteiger partial charge in [0.15, 0.2) is 0 Å². The SMILES string of the molecule is CC(C)(CC=O)CC1=CC[C@H]2C[C@@H]1C2(C)C. The van der Waals surface area contributed by atoms with Crippen molar-refractivity contribution in [1.29, 1.82) is 0 Å². The van der Waals surface area contributed by atoms with E-state index in [1.807, 2.05) is 0 Å². The van der Waals surface area contributed by atoms with Gasteiger partial charge in [-0.1, -0.05) is 39.3 Å². The molecule has 0 amide bonds. The van der Waals surface area contributed by atoms with Gasteiger partial charge in [-0.05, 0) is 41.9 Å². The van der Waals surface area contributed by atoms with Gasteiger partial charge in [0.05, 0.1) is 0 Å². The van der Waals surface area contributed by atoms with Gasteiger partial charge in [-0.25, -0.2) is 0 Å². The lowest BCUT2D eigenvalue weighted by Gasteiger charge is -2.57. The Morgan fingerprint density at radius 3 is 2.69 bits per heavy atom. The first-order valence-electron chi connectivity index (χ1n) is 6.49. The monoisotopic (exact) mass is 220 g/mol. The summed E-state index contributed by atoms with van der Waals surface area (Å²) >= 11 is 0. The summed E-state index contributed by atoms with van der Waals surface area (Å²) in [5.41, 5.74) is 2.28. The Kier molecular flexibility index (Phi) is 2.76. The molecule has 16 heavy (non-hydrogen) atoms. The van der Waals surface area contributed by atoms with Crippen LogP contribution in [0.25, 0.3) is 0 Å². The maximum atomic E-state index is 10.7. The van der Waals surface area contributed by atoms with E-state index in [2.05, 4.69) is 33.8 Å². The lowest BCUT2D eigenvalue weighted by molar-refractivity contribution is -0.109. The minimum absolute atomic E-state index is 0.145. The summed E-state index contributed by atoms with van der Waals surface area (Å²) < 4.78 is 0. The summed E-state index contributed by atoms with van der Waals surface area (Å²) in [6.45, 7) is 9.23. The van der Waals surface area contributed by atoms with Crippen molar-refractivity contribution in [1.82, 2.24) is 0 Å². The van der Waals surface area contributed by atoms with E-state index in [1.165, 1.54) is 12.8 Å². The van der Waals surface area contributed by atoms with Gasteiger partial charge >= 0.3 is 0 Å². The number of allylic oxidation sites excluding steroid dienone is 2. The molecule has 3 aliphatic rings. The number of hydrogen-bond acceptors (Lipinski definition) is 1. The van der Waals surface area contributed by atoms with Crippen molar-refractivity contribution >= 4 is 6.29 Å². The van der Waals surface area contributed by atoms with Crippen LogP contribution in [-0.4, -0.2) is 6.29 Å². The predicted molar refractivity (Wildman–Crippen MR) is 67.2 cm³/mol. The molecule has 0 spiro atoms. The first kappa shape index (κ1) is 11.9. The molecule has 90 valence electrons. The molecule has 0 saturated heterocycles. The van der Waals surface area contributed by atoms with Crippen molar-refractivity contribution in [2.24, 2.45) is 22.7 Å². The lowest BCUT2D eigenvalue weighted by Crippen LogP contribution is -2.48. The summed E-state index contributed by atoms with van der Waals surface area (Å²) in [6, 6.07) is 0.